The van der Waals surface area contributed by atoms with Crippen LogP contribution in [0.2, 0.25) is 0 Å². The van der Waals surface area contributed by atoms with Gasteiger partial charge in [-0.1, -0.05) is 12.1 Å². The Kier molecular flexibility index (Phi) is 5.03. The maximum atomic E-state index is 12.8. The predicted octanol–water partition coefficient (Wildman–Crippen LogP) is 3.12. The first-order valence-corrected chi connectivity index (χ1v) is 7.82. The van der Waals surface area contributed by atoms with Gasteiger partial charge in [0.15, 0.2) is 12.4 Å². The van der Waals surface area contributed by atoms with Crippen molar-refractivity contribution in [1.82, 2.24) is 14.8 Å². The average Bonchev–Trinajstić information content (AvgIpc) is 3.10. The third-order valence-corrected chi connectivity index (χ3v) is 3.54. The van der Waals surface area contributed by atoms with E-state index in [4.69, 9.17) is 4.74 Å². The van der Waals surface area contributed by atoms with Crippen LogP contribution in [0.25, 0.3) is 11.4 Å². The summed E-state index contributed by atoms with van der Waals surface area (Å²) in [6, 6.07) is 12.8. The molecule has 0 atom stereocenters. The van der Waals surface area contributed by atoms with Crippen LogP contribution in [0.4, 0.5) is 10.1 Å². The van der Waals surface area contributed by atoms with Crippen molar-refractivity contribution >= 4 is 11.6 Å². The number of hydrogen-bond acceptors (Lipinski definition) is 4. The zero-order chi connectivity index (χ0) is 17.6. The monoisotopic (exact) mass is 340 g/mol. The minimum absolute atomic E-state index is 0.166. The largest absolute Gasteiger partial charge is 0.484 e. The van der Waals surface area contributed by atoms with Gasteiger partial charge in [-0.3, -0.25) is 4.79 Å². The summed E-state index contributed by atoms with van der Waals surface area (Å²) >= 11 is 0. The predicted molar refractivity (Wildman–Crippen MR) is 91.7 cm³/mol. The van der Waals surface area contributed by atoms with E-state index >= 15 is 0 Å². The summed E-state index contributed by atoms with van der Waals surface area (Å²) in [5.74, 6) is 0.509. The van der Waals surface area contributed by atoms with Crippen LogP contribution in [-0.4, -0.2) is 27.3 Å². The van der Waals surface area contributed by atoms with Gasteiger partial charge in [-0.2, -0.15) is 0 Å². The molecule has 6 nitrogen and oxygen atoms in total. The molecular weight excluding hydrogens is 323 g/mol. The number of nitrogens with zero attached hydrogens (tertiary/aromatic N) is 3. The molecule has 3 rings (SSSR count). The van der Waals surface area contributed by atoms with Crippen LogP contribution in [0.5, 0.6) is 5.75 Å². The third-order valence-electron chi connectivity index (χ3n) is 3.54. The number of hydrogen-bond donors (Lipinski definition) is 1. The van der Waals surface area contributed by atoms with Crippen LogP contribution in [0.15, 0.2) is 54.9 Å². The van der Waals surface area contributed by atoms with E-state index in [1.807, 2.05) is 29.7 Å². The molecular formula is C18H17FN4O2. The van der Waals surface area contributed by atoms with Crippen LogP contribution in [0.3, 0.4) is 0 Å². The van der Waals surface area contributed by atoms with E-state index in [1.54, 1.807) is 12.4 Å². The van der Waals surface area contributed by atoms with Crippen molar-refractivity contribution in [3.63, 3.8) is 0 Å². The number of ether oxygens (including phenoxy) is 1. The molecule has 2 aromatic carbocycles. The summed E-state index contributed by atoms with van der Waals surface area (Å²) < 4.78 is 20.1. The van der Waals surface area contributed by atoms with Gasteiger partial charge in [0, 0.05) is 17.8 Å². The minimum Gasteiger partial charge on any atom is -0.484 e. The number of halogens is 1. The lowest BCUT2D eigenvalue weighted by atomic mass is 10.2. The van der Waals surface area contributed by atoms with Crippen molar-refractivity contribution in [3.8, 4) is 17.1 Å². The Bertz CT molecular complexity index is 862. The Labute approximate surface area is 144 Å². The molecule has 128 valence electrons. The number of carbonyl (C=O) groups is 1. The highest BCUT2D eigenvalue weighted by molar-refractivity contribution is 5.92. The number of amides is 1. The molecule has 1 N–H and O–H groups in total. The number of rotatable bonds is 6. The minimum atomic E-state index is -0.353. The number of carbonyl (C=O) groups excluding carboxylic acids is 1. The highest BCUT2D eigenvalue weighted by atomic mass is 19.1. The van der Waals surface area contributed by atoms with Gasteiger partial charge >= 0.3 is 0 Å². The third kappa shape index (κ3) is 4.20. The van der Waals surface area contributed by atoms with Crippen molar-refractivity contribution in [1.29, 1.82) is 0 Å². The molecule has 0 aliphatic rings. The second-order valence-corrected chi connectivity index (χ2v) is 5.31. The van der Waals surface area contributed by atoms with E-state index in [2.05, 4.69) is 15.5 Å². The van der Waals surface area contributed by atoms with Crippen LogP contribution in [0, 0.1) is 5.82 Å². The lowest BCUT2D eigenvalue weighted by Gasteiger charge is -2.09. The van der Waals surface area contributed by atoms with E-state index in [1.165, 1.54) is 24.3 Å². The summed E-state index contributed by atoms with van der Waals surface area (Å²) in [6.07, 6.45) is 1.66. The summed E-state index contributed by atoms with van der Waals surface area (Å²) in [5, 5.41) is 10.8. The van der Waals surface area contributed by atoms with E-state index in [-0.39, 0.29) is 18.3 Å². The number of aryl methyl sites for hydroxylation is 1. The summed E-state index contributed by atoms with van der Waals surface area (Å²) in [6.45, 7) is 2.59. The molecule has 25 heavy (non-hydrogen) atoms. The normalized spacial score (nSPS) is 10.5. The number of nitrogens with one attached hydrogen (secondary N) is 1. The van der Waals surface area contributed by atoms with Crippen LogP contribution >= 0.6 is 0 Å². The number of aromatic nitrogens is 3. The molecule has 7 heteroatoms. The fourth-order valence-electron chi connectivity index (χ4n) is 2.32. The van der Waals surface area contributed by atoms with Crippen LogP contribution in [-0.2, 0) is 11.3 Å². The number of benzene rings is 2. The van der Waals surface area contributed by atoms with Gasteiger partial charge in [-0.15, -0.1) is 10.2 Å². The van der Waals surface area contributed by atoms with E-state index in [0.29, 0.717) is 11.4 Å². The smallest absolute Gasteiger partial charge is 0.262 e. The van der Waals surface area contributed by atoms with E-state index < -0.39 is 0 Å². The summed E-state index contributed by atoms with van der Waals surface area (Å²) in [4.78, 5) is 12.0. The molecule has 0 saturated heterocycles. The maximum Gasteiger partial charge on any atom is 0.262 e. The second kappa shape index (κ2) is 7.57. The SMILES string of the molecule is CCn1cnnc1-c1cccc(NC(=O)COc2ccc(F)cc2)c1. The lowest BCUT2D eigenvalue weighted by Crippen LogP contribution is -2.20. The van der Waals surface area contributed by atoms with Gasteiger partial charge in [-0.25, -0.2) is 4.39 Å². The van der Waals surface area contributed by atoms with Gasteiger partial charge in [0.1, 0.15) is 17.9 Å². The topological polar surface area (TPSA) is 69.0 Å². The molecule has 0 bridgehead atoms. The van der Waals surface area contributed by atoms with Crippen LogP contribution in [0.1, 0.15) is 6.92 Å². The highest BCUT2D eigenvalue weighted by Gasteiger charge is 2.09. The average molecular weight is 340 g/mol. The Hall–Kier alpha value is -3.22. The van der Waals surface area contributed by atoms with Crippen molar-refractivity contribution in [2.24, 2.45) is 0 Å². The first kappa shape index (κ1) is 16.6. The molecule has 1 amide bonds. The fraction of sp³-hybridized carbons (Fsp3) is 0.167. The molecule has 1 aromatic heterocycles. The Balaban J connectivity index is 1.63. The van der Waals surface area contributed by atoms with Crippen molar-refractivity contribution < 1.29 is 13.9 Å². The van der Waals surface area contributed by atoms with Gasteiger partial charge in [-0.05, 0) is 43.3 Å². The van der Waals surface area contributed by atoms with E-state index in [0.717, 1.165) is 17.9 Å². The molecule has 0 unspecified atom stereocenters. The maximum absolute atomic E-state index is 12.8. The molecule has 0 radical (unpaired) electrons. The molecule has 0 spiro atoms. The van der Waals surface area contributed by atoms with Gasteiger partial charge < -0.3 is 14.6 Å². The second-order valence-electron chi connectivity index (χ2n) is 5.31. The quantitative estimate of drug-likeness (QED) is 0.748. The van der Waals surface area contributed by atoms with Crippen molar-refractivity contribution in [2.45, 2.75) is 13.5 Å². The van der Waals surface area contributed by atoms with Crippen LogP contribution < -0.4 is 10.1 Å². The van der Waals surface area contributed by atoms with Crippen molar-refractivity contribution in [2.75, 3.05) is 11.9 Å². The van der Waals surface area contributed by atoms with Crippen molar-refractivity contribution in [3.05, 3.63) is 60.7 Å². The first-order valence-electron chi connectivity index (χ1n) is 7.82. The zero-order valence-corrected chi connectivity index (χ0v) is 13.6. The Morgan fingerprint density at radius 3 is 2.80 bits per heavy atom. The lowest BCUT2D eigenvalue weighted by molar-refractivity contribution is -0.118. The summed E-state index contributed by atoms with van der Waals surface area (Å²) in [5.41, 5.74) is 1.49. The standard InChI is InChI=1S/C18H17FN4O2/c1-2-23-12-20-22-18(23)13-4-3-5-15(10-13)21-17(24)11-25-16-8-6-14(19)7-9-16/h3-10,12H,2,11H2,1H3,(H,21,24). The first-order chi connectivity index (χ1) is 12.2. The Morgan fingerprint density at radius 1 is 1.24 bits per heavy atom. The Morgan fingerprint density at radius 2 is 2.04 bits per heavy atom. The molecule has 0 aliphatic carbocycles. The zero-order valence-electron chi connectivity index (χ0n) is 13.6. The molecule has 0 fully saturated rings. The molecule has 0 saturated carbocycles. The molecule has 0 aliphatic heterocycles. The van der Waals surface area contributed by atoms with Gasteiger partial charge in [0.25, 0.3) is 5.91 Å². The summed E-state index contributed by atoms with van der Waals surface area (Å²) in [7, 11) is 0. The van der Waals surface area contributed by atoms with E-state index in [9.17, 15) is 9.18 Å². The molecule has 3 aromatic rings. The fourth-order valence-corrected chi connectivity index (χ4v) is 2.32. The van der Waals surface area contributed by atoms with Gasteiger partial charge in [0.2, 0.25) is 0 Å². The highest BCUT2D eigenvalue weighted by Crippen LogP contribution is 2.20. The molecule has 1 heterocycles. The number of anilines is 1. The van der Waals surface area contributed by atoms with Gasteiger partial charge in [0.05, 0.1) is 0 Å².